The van der Waals surface area contributed by atoms with Crippen molar-refractivity contribution in [1.82, 2.24) is 4.98 Å². The lowest BCUT2D eigenvalue weighted by Gasteiger charge is -2.21. The number of nitrogens with zero attached hydrogens (tertiary/aromatic N) is 2. The summed E-state index contributed by atoms with van der Waals surface area (Å²) >= 11 is 5.68. The predicted molar refractivity (Wildman–Crippen MR) is 79.7 cm³/mol. The van der Waals surface area contributed by atoms with E-state index in [0.717, 1.165) is 5.56 Å². The zero-order valence-electron chi connectivity index (χ0n) is 11.3. The SMILES string of the molecule is Cc1ccc(N(CC(=O)O)C(=O)c2ccc(Cl)nc2)cc1. The minimum absolute atomic E-state index is 0.270. The second kappa shape index (κ2) is 6.37. The maximum Gasteiger partial charge on any atom is 0.323 e. The minimum Gasteiger partial charge on any atom is -0.480 e. The Labute approximate surface area is 126 Å². The summed E-state index contributed by atoms with van der Waals surface area (Å²) in [6.07, 6.45) is 1.33. The molecule has 1 amide bonds. The molecule has 0 saturated heterocycles. The van der Waals surface area contributed by atoms with Crippen LogP contribution in [0, 0.1) is 6.92 Å². The molecule has 0 atom stereocenters. The van der Waals surface area contributed by atoms with E-state index >= 15 is 0 Å². The number of benzene rings is 1. The quantitative estimate of drug-likeness (QED) is 0.882. The van der Waals surface area contributed by atoms with Crippen LogP contribution in [0.1, 0.15) is 15.9 Å². The summed E-state index contributed by atoms with van der Waals surface area (Å²) in [5.41, 5.74) is 1.82. The molecule has 0 unspecified atom stereocenters. The van der Waals surface area contributed by atoms with Gasteiger partial charge < -0.3 is 5.11 Å². The van der Waals surface area contributed by atoms with Crippen LogP contribution in [-0.2, 0) is 4.79 Å². The zero-order chi connectivity index (χ0) is 15.4. The third-order valence-corrected chi connectivity index (χ3v) is 3.08. The topological polar surface area (TPSA) is 70.5 Å². The van der Waals surface area contributed by atoms with E-state index in [1.165, 1.54) is 23.2 Å². The maximum atomic E-state index is 12.5. The Morgan fingerprint density at radius 1 is 1.19 bits per heavy atom. The first-order valence-electron chi connectivity index (χ1n) is 6.19. The van der Waals surface area contributed by atoms with Crippen LogP contribution in [0.15, 0.2) is 42.6 Å². The van der Waals surface area contributed by atoms with Gasteiger partial charge in [0.25, 0.3) is 5.91 Å². The number of rotatable bonds is 4. The lowest BCUT2D eigenvalue weighted by Crippen LogP contribution is -2.35. The Hall–Kier alpha value is -2.40. The second-order valence-corrected chi connectivity index (χ2v) is 4.88. The average molecular weight is 305 g/mol. The molecule has 0 bridgehead atoms. The van der Waals surface area contributed by atoms with Gasteiger partial charge in [0.05, 0.1) is 5.56 Å². The number of hydrogen-bond donors (Lipinski definition) is 1. The molecule has 0 radical (unpaired) electrons. The van der Waals surface area contributed by atoms with Crippen molar-refractivity contribution in [2.45, 2.75) is 6.92 Å². The molecule has 0 aliphatic rings. The number of aryl methyl sites for hydroxylation is 1. The van der Waals surface area contributed by atoms with Crippen LogP contribution in [0.25, 0.3) is 0 Å². The standard InChI is InChI=1S/C15H13ClN2O3/c1-10-2-5-12(6-3-10)18(9-14(19)20)15(21)11-4-7-13(16)17-8-11/h2-8H,9H2,1H3,(H,19,20). The van der Waals surface area contributed by atoms with Gasteiger partial charge in [-0.2, -0.15) is 0 Å². The number of aromatic nitrogens is 1. The van der Waals surface area contributed by atoms with Gasteiger partial charge in [0, 0.05) is 11.9 Å². The van der Waals surface area contributed by atoms with Crippen LogP contribution in [0.2, 0.25) is 5.15 Å². The molecule has 0 saturated carbocycles. The second-order valence-electron chi connectivity index (χ2n) is 4.49. The van der Waals surface area contributed by atoms with E-state index in [4.69, 9.17) is 16.7 Å². The molecule has 0 spiro atoms. The molecule has 5 nitrogen and oxygen atoms in total. The van der Waals surface area contributed by atoms with Crippen LogP contribution >= 0.6 is 11.6 Å². The summed E-state index contributed by atoms with van der Waals surface area (Å²) in [5, 5.41) is 9.28. The van der Waals surface area contributed by atoms with Crippen LogP contribution in [0.5, 0.6) is 0 Å². The van der Waals surface area contributed by atoms with Crippen molar-refractivity contribution in [2.75, 3.05) is 11.4 Å². The number of hydrogen-bond acceptors (Lipinski definition) is 3. The molecule has 0 aliphatic heterocycles. The monoisotopic (exact) mass is 304 g/mol. The van der Waals surface area contributed by atoms with Crippen LogP contribution in [-0.4, -0.2) is 28.5 Å². The van der Waals surface area contributed by atoms with Gasteiger partial charge in [-0.15, -0.1) is 0 Å². The van der Waals surface area contributed by atoms with E-state index in [2.05, 4.69) is 4.98 Å². The number of carboxylic acids is 1. The van der Waals surface area contributed by atoms with E-state index < -0.39 is 18.4 Å². The van der Waals surface area contributed by atoms with Crippen LogP contribution in [0.4, 0.5) is 5.69 Å². The van der Waals surface area contributed by atoms with Gasteiger partial charge in [0.2, 0.25) is 0 Å². The highest BCUT2D eigenvalue weighted by Gasteiger charge is 2.20. The fourth-order valence-electron chi connectivity index (χ4n) is 1.80. The van der Waals surface area contributed by atoms with Crippen molar-refractivity contribution < 1.29 is 14.7 Å². The number of anilines is 1. The molecule has 1 N–H and O–H groups in total. The van der Waals surface area contributed by atoms with E-state index in [-0.39, 0.29) is 10.7 Å². The van der Waals surface area contributed by atoms with Gasteiger partial charge in [0.15, 0.2) is 0 Å². The summed E-state index contributed by atoms with van der Waals surface area (Å²) in [7, 11) is 0. The van der Waals surface area contributed by atoms with Crippen molar-refractivity contribution in [2.24, 2.45) is 0 Å². The zero-order valence-corrected chi connectivity index (χ0v) is 12.0. The summed E-state index contributed by atoms with van der Waals surface area (Å²) in [6.45, 7) is 1.49. The molecule has 0 fully saturated rings. The number of halogens is 1. The van der Waals surface area contributed by atoms with Crippen LogP contribution < -0.4 is 4.90 Å². The molecule has 21 heavy (non-hydrogen) atoms. The van der Waals surface area contributed by atoms with E-state index in [0.29, 0.717) is 5.69 Å². The summed E-state index contributed by atoms with van der Waals surface area (Å²) < 4.78 is 0. The van der Waals surface area contributed by atoms with E-state index in [1.807, 2.05) is 19.1 Å². The van der Waals surface area contributed by atoms with Crippen molar-refractivity contribution in [3.05, 3.63) is 58.9 Å². The van der Waals surface area contributed by atoms with Gasteiger partial charge in [-0.05, 0) is 31.2 Å². The van der Waals surface area contributed by atoms with E-state index in [9.17, 15) is 9.59 Å². The van der Waals surface area contributed by atoms with E-state index in [1.54, 1.807) is 12.1 Å². The molecule has 2 aromatic rings. The highest BCUT2D eigenvalue weighted by atomic mass is 35.5. The van der Waals surface area contributed by atoms with Gasteiger partial charge in [-0.1, -0.05) is 29.3 Å². The van der Waals surface area contributed by atoms with Crippen molar-refractivity contribution in [3.63, 3.8) is 0 Å². The molecular formula is C15H13ClN2O3. The lowest BCUT2D eigenvalue weighted by molar-refractivity contribution is -0.135. The molecule has 2 rings (SSSR count). The van der Waals surface area contributed by atoms with Gasteiger partial charge in [-0.3, -0.25) is 14.5 Å². The Morgan fingerprint density at radius 3 is 2.38 bits per heavy atom. The average Bonchev–Trinajstić information content (AvgIpc) is 2.46. The van der Waals surface area contributed by atoms with Gasteiger partial charge in [0.1, 0.15) is 11.7 Å². The number of carboxylic acid groups (broad SMARTS) is 1. The molecule has 1 heterocycles. The smallest absolute Gasteiger partial charge is 0.323 e. The number of pyridine rings is 1. The minimum atomic E-state index is -1.09. The van der Waals surface area contributed by atoms with Gasteiger partial charge in [-0.25, -0.2) is 4.98 Å². The summed E-state index contributed by atoms with van der Waals surface area (Å²) in [6, 6.07) is 10.1. The molecule has 1 aromatic heterocycles. The first kappa shape index (κ1) is 15.0. The maximum absolute atomic E-state index is 12.5. The first-order chi connectivity index (χ1) is 9.97. The lowest BCUT2D eigenvalue weighted by atomic mass is 10.2. The Morgan fingerprint density at radius 2 is 1.86 bits per heavy atom. The molecule has 6 heteroatoms. The summed E-state index contributed by atoms with van der Waals surface area (Å²) in [5.74, 6) is -1.53. The molecule has 108 valence electrons. The normalized spacial score (nSPS) is 10.2. The van der Waals surface area contributed by atoms with Crippen molar-refractivity contribution in [1.29, 1.82) is 0 Å². The Bertz CT molecular complexity index is 654. The number of aliphatic carboxylic acids is 1. The van der Waals surface area contributed by atoms with Crippen molar-refractivity contribution in [3.8, 4) is 0 Å². The molecule has 0 aliphatic carbocycles. The highest BCUT2D eigenvalue weighted by Crippen LogP contribution is 2.18. The predicted octanol–water partition coefficient (Wildman–Crippen LogP) is 2.77. The number of carbonyl (C=O) groups is 2. The number of carbonyl (C=O) groups excluding carboxylic acids is 1. The first-order valence-corrected chi connectivity index (χ1v) is 6.57. The Kier molecular flexibility index (Phi) is 4.55. The fraction of sp³-hybridized carbons (Fsp3) is 0.133. The highest BCUT2D eigenvalue weighted by molar-refractivity contribution is 6.29. The Balaban J connectivity index is 2.35. The number of amides is 1. The largest absolute Gasteiger partial charge is 0.480 e. The molecule has 1 aromatic carbocycles. The van der Waals surface area contributed by atoms with Crippen LogP contribution in [0.3, 0.4) is 0 Å². The summed E-state index contributed by atoms with van der Waals surface area (Å²) in [4.78, 5) is 28.5. The van der Waals surface area contributed by atoms with Crippen molar-refractivity contribution >= 4 is 29.2 Å². The fourth-order valence-corrected chi connectivity index (χ4v) is 1.91. The molecular weight excluding hydrogens is 292 g/mol. The third kappa shape index (κ3) is 3.79. The third-order valence-electron chi connectivity index (χ3n) is 2.86. The van der Waals surface area contributed by atoms with Gasteiger partial charge >= 0.3 is 5.97 Å².